The van der Waals surface area contributed by atoms with Gasteiger partial charge in [-0.25, -0.2) is 15.0 Å². The van der Waals surface area contributed by atoms with Crippen molar-refractivity contribution in [2.45, 2.75) is 26.7 Å². The van der Waals surface area contributed by atoms with Crippen molar-refractivity contribution in [3.63, 3.8) is 0 Å². The van der Waals surface area contributed by atoms with Crippen LogP contribution in [-0.2, 0) is 9.53 Å². The number of anilines is 4. The summed E-state index contributed by atoms with van der Waals surface area (Å²) in [6.07, 6.45) is 2.95. The average Bonchev–Trinajstić information content (AvgIpc) is 3.11. The minimum Gasteiger partial charge on any atom is -0.466 e. The number of rotatable bonds is 5. The number of carbonyl (C=O) groups excluding carboxylic acids is 1. The lowest BCUT2D eigenvalue weighted by Crippen LogP contribution is -2.37. The van der Waals surface area contributed by atoms with Gasteiger partial charge in [-0.15, -0.1) is 0 Å². The minimum absolute atomic E-state index is 0.0573. The monoisotopic (exact) mass is 412 g/mol. The van der Waals surface area contributed by atoms with E-state index in [0.717, 1.165) is 28.2 Å². The Labute approximate surface area is 173 Å². The van der Waals surface area contributed by atoms with Gasteiger partial charge in [-0.3, -0.25) is 4.79 Å². The molecule has 29 heavy (non-hydrogen) atoms. The van der Waals surface area contributed by atoms with Crippen molar-refractivity contribution in [3.8, 4) is 0 Å². The normalized spacial score (nSPS) is 14.9. The molecule has 0 aliphatic carbocycles. The molecule has 1 aliphatic rings. The van der Waals surface area contributed by atoms with Gasteiger partial charge in [0.1, 0.15) is 12.0 Å². The molecule has 1 saturated heterocycles. The Kier molecular flexibility index (Phi) is 5.48. The van der Waals surface area contributed by atoms with Crippen LogP contribution in [0, 0.1) is 12.8 Å². The Morgan fingerprint density at radius 1 is 1.34 bits per heavy atom. The van der Waals surface area contributed by atoms with Crippen LogP contribution in [0.3, 0.4) is 0 Å². The van der Waals surface area contributed by atoms with Crippen molar-refractivity contribution in [1.29, 1.82) is 0 Å². The average molecular weight is 413 g/mol. The second kappa shape index (κ2) is 8.20. The first-order valence-corrected chi connectivity index (χ1v) is 10.5. The first-order chi connectivity index (χ1) is 14.0. The van der Waals surface area contributed by atoms with E-state index in [-0.39, 0.29) is 11.9 Å². The number of nitrogens with two attached hydrogens (primary N) is 1. The summed E-state index contributed by atoms with van der Waals surface area (Å²) in [5.41, 5.74) is 9.00. The van der Waals surface area contributed by atoms with Crippen LogP contribution in [-0.4, -0.2) is 40.6 Å². The second-order valence-electron chi connectivity index (χ2n) is 7.09. The smallest absolute Gasteiger partial charge is 0.309 e. The molecule has 0 atom stereocenters. The summed E-state index contributed by atoms with van der Waals surface area (Å²) in [5, 5.41) is 3.97. The molecule has 3 N–H and O–H groups in total. The summed E-state index contributed by atoms with van der Waals surface area (Å²) >= 11 is 1.56. The van der Waals surface area contributed by atoms with Gasteiger partial charge < -0.3 is 20.7 Å². The molecule has 1 aromatic carbocycles. The molecule has 4 rings (SSSR count). The molecule has 0 saturated carbocycles. The maximum atomic E-state index is 12.0. The predicted octanol–water partition coefficient (Wildman–Crippen LogP) is 3.50. The summed E-state index contributed by atoms with van der Waals surface area (Å²) in [6, 6.07) is 6.17. The van der Waals surface area contributed by atoms with Gasteiger partial charge in [0.15, 0.2) is 16.8 Å². The number of nitrogens with one attached hydrogen (secondary N) is 1. The Balaban J connectivity index is 1.49. The van der Waals surface area contributed by atoms with Gasteiger partial charge in [-0.1, -0.05) is 17.4 Å². The maximum absolute atomic E-state index is 12.0. The summed E-state index contributed by atoms with van der Waals surface area (Å²) < 4.78 is 6.25. The molecule has 0 radical (unpaired) electrons. The van der Waals surface area contributed by atoms with Crippen LogP contribution in [0.1, 0.15) is 25.3 Å². The fourth-order valence-electron chi connectivity index (χ4n) is 3.51. The van der Waals surface area contributed by atoms with Crippen molar-refractivity contribution in [2.24, 2.45) is 5.92 Å². The topological polar surface area (TPSA) is 106 Å². The highest BCUT2D eigenvalue weighted by atomic mass is 32.1. The Morgan fingerprint density at radius 3 is 2.90 bits per heavy atom. The van der Waals surface area contributed by atoms with E-state index in [1.807, 2.05) is 19.1 Å². The first-order valence-electron chi connectivity index (χ1n) is 9.71. The quantitative estimate of drug-likeness (QED) is 0.613. The number of nitrogen functional groups attached to an aromatic ring is 1. The highest BCUT2D eigenvalue weighted by Crippen LogP contribution is 2.34. The van der Waals surface area contributed by atoms with E-state index in [9.17, 15) is 4.79 Å². The maximum Gasteiger partial charge on any atom is 0.309 e. The van der Waals surface area contributed by atoms with Gasteiger partial charge >= 0.3 is 5.97 Å². The van der Waals surface area contributed by atoms with Gasteiger partial charge in [-0.05, 0) is 44.4 Å². The third-order valence-electron chi connectivity index (χ3n) is 5.05. The van der Waals surface area contributed by atoms with Crippen molar-refractivity contribution in [1.82, 2.24) is 15.0 Å². The molecular weight excluding hydrogens is 388 g/mol. The Bertz CT molecular complexity index is 1030. The number of aryl methyl sites for hydroxylation is 1. The van der Waals surface area contributed by atoms with Gasteiger partial charge in [-0.2, -0.15) is 0 Å². The van der Waals surface area contributed by atoms with E-state index in [0.29, 0.717) is 37.0 Å². The molecule has 0 amide bonds. The highest BCUT2D eigenvalue weighted by molar-refractivity contribution is 7.22. The molecular formula is C20H24N6O2S. The predicted molar refractivity (Wildman–Crippen MR) is 116 cm³/mol. The minimum atomic E-state index is -0.115. The molecule has 9 heteroatoms. The lowest BCUT2D eigenvalue weighted by molar-refractivity contribution is -0.148. The number of fused-ring (bicyclic) bond motifs is 1. The number of hydrogen-bond acceptors (Lipinski definition) is 9. The third kappa shape index (κ3) is 4.09. The number of aromatic nitrogens is 3. The summed E-state index contributed by atoms with van der Waals surface area (Å²) in [7, 11) is 0. The molecule has 8 nitrogen and oxygen atoms in total. The molecule has 3 aromatic rings. The number of thiazole rings is 1. The number of esters is 1. The lowest BCUT2D eigenvalue weighted by atomic mass is 9.97. The van der Waals surface area contributed by atoms with Gasteiger partial charge in [0.2, 0.25) is 0 Å². The van der Waals surface area contributed by atoms with E-state index in [4.69, 9.17) is 10.5 Å². The molecule has 0 spiro atoms. The Morgan fingerprint density at radius 2 is 2.14 bits per heavy atom. The Hall–Kier alpha value is -2.94. The zero-order valence-electron chi connectivity index (χ0n) is 16.5. The fourth-order valence-corrected chi connectivity index (χ4v) is 4.47. The van der Waals surface area contributed by atoms with Crippen molar-refractivity contribution in [2.75, 3.05) is 35.6 Å². The van der Waals surface area contributed by atoms with Crippen LogP contribution < -0.4 is 16.0 Å². The molecule has 1 aliphatic heterocycles. The largest absolute Gasteiger partial charge is 0.466 e. The van der Waals surface area contributed by atoms with E-state index < -0.39 is 0 Å². The van der Waals surface area contributed by atoms with Gasteiger partial charge in [0.05, 0.1) is 22.7 Å². The fraction of sp³-hybridized carbons (Fsp3) is 0.400. The van der Waals surface area contributed by atoms with E-state index >= 15 is 0 Å². The standard InChI is InChI=1S/C20H24N6O2S/c1-3-28-19(27)13-6-8-26(9-7-13)18-16(21)17(22-11-23-18)25-20-24-14-5-4-12(2)10-15(14)29-20/h4-5,10-11,13H,3,6-9,21H2,1-2H3,(H,22,23,24,25). The first kappa shape index (κ1) is 19.4. The second-order valence-corrected chi connectivity index (χ2v) is 8.12. The SMILES string of the molecule is CCOC(=O)C1CCN(c2ncnc(Nc3nc4ccc(C)cc4s3)c2N)CC1. The van der Waals surface area contributed by atoms with Crippen molar-refractivity contribution in [3.05, 3.63) is 30.1 Å². The van der Waals surface area contributed by atoms with Crippen LogP contribution in [0.25, 0.3) is 10.2 Å². The van der Waals surface area contributed by atoms with Crippen LogP contribution in [0.2, 0.25) is 0 Å². The number of hydrogen-bond donors (Lipinski definition) is 2. The number of ether oxygens (including phenoxy) is 1. The zero-order chi connectivity index (χ0) is 20.4. The van der Waals surface area contributed by atoms with Crippen LogP contribution in [0.4, 0.5) is 22.5 Å². The molecule has 2 aromatic heterocycles. The molecule has 1 fully saturated rings. The van der Waals surface area contributed by atoms with E-state index in [1.54, 1.807) is 11.3 Å². The molecule has 0 unspecified atom stereocenters. The van der Waals surface area contributed by atoms with Crippen molar-refractivity contribution < 1.29 is 9.53 Å². The summed E-state index contributed by atoms with van der Waals surface area (Å²) in [6.45, 7) is 5.70. The van der Waals surface area contributed by atoms with Crippen LogP contribution in [0.5, 0.6) is 0 Å². The summed E-state index contributed by atoms with van der Waals surface area (Å²) in [5.74, 6) is 1.05. The number of nitrogens with zero attached hydrogens (tertiary/aromatic N) is 4. The van der Waals surface area contributed by atoms with E-state index in [1.165, 1.54) is 11.9 Å². The third-order valence-corrected chi connectivity index (χ3v) is 5.98. The summed E-state index contributed by atoms with van der Waals surface area (Å²) in [4.78, 5) is 27.3. The van der Waals surface area contributed by atoms with Gasteiger partial charge in [0.25, 0.3) is 0 Å². The van der Waals surface area contributed by atoms with Crippen LogP contribution >= 0.6 is 11.3 Å². The van der Waals surface area contributed by atoms with E-state index in [2.05, 4.69) is 38.2 Å². The number of carbonyl (C=O) groups is 1. The lowest BCUT2D eigenvalue weighted by Gasteiger charge is -2.32. The van der Waals surface area contributed by atoms with Gasteiger partial charge in [0, 0.05) is 13.1 Å². The number of benzene rings is 1. The molecule has 3 heterocycles. The zero-order valence-corrected chi connectivity index (χ0v) is 17.3. The molecule has 0 bridgehead atoms. The molecule has 152 valence electrons. The highest BCUT2D eigenvalue weighted by Gasteiger charge is 2.28. The van der Waals surface area contributed by atoms with Crippen molar-refractivity contribution >= 4 is 50.0 Å². The van der Waals surface area contributed by atoms with Crippen LogP contribution in [0.15, 0.2) is 24.5 Å². The number of piperidine rings is 1.